The number of hydrogen-bond acceptors (Lipinski definition) is 3. The second-order valence-electron chi connectivity index (χ2n) is 5.84. The summed E-state index contributed by atoms with van der Waals surface area (Å²) in [7, 11) is 0. The van der Waals surface area contributed by atoms with E-state index in [1.165, 1.54) is 12.1 Å². The van der Waals surface area contributed by atoms with Crippen molar-refractivity contribution in [1.82, 2.24) is 4.90 Å². The first-order chi connectivity index (χ1) is 11.7. The van der Waals surface area contributed by atoms with E-state index in [0.717, 1.165) is 57.3 Å². The third-order valence-electron chi connectivity index (χ3n) is 4.11. The van der Waals surface area contributed by atoms with Crippen LogP contribution in [0.4, 0.5) is 8.78 Å². The normalized spacial score (nSPS) is 15.4. The van der Waals surface area contributed by atoms with E-state index in [1.807, 2.05) is 24.3 Å². The Hall–Kier alpha value is -1.98. The molecule has 1 heterocycles. The maximum absolute atomic E-state index is 13.8. The Morgan fingerprint density at radius 3 is 2.58 bits per heavy atom. The smallest absolute Gasteiger partial charge is 0.168 e. The van der Waals surface area contributed by atoms with Crippen molar-refractivity contribution < 1.29 is 18.3 Å². The molecule has 0 atom stereocenters. The SMILES string of the molecule is Fc1ccc(Oc2ccccc2CCCN2CCOCC2)c(F)c1. The van der Waals surface area contributed by atoms with E-state index in [4.69, 9.17) is 9.47 Å². The fraction of sp³-hybridized carbons (Fsp3) is 0.368. The zero-order valence-corrected chi connectivity index (χ0v) is 13.5. The first-order valence-corrected chi connectivity index (χ1v) is 8.23. The Kier molecular flexibility index (Phi) is 5.77. The molecular weight excluding hydrogens is 312 g/mol. The van der Waals surface area contributed by atoms with Gasteiger partial charge in [0.05, 0.1) is 13.2 Å². The van der Waals surface area contributed by atoms with Crippen LogP contribution in [-0.2, 0) is 11.2 Å². The third kappa shape index (κ3) is 4.52. The lowest BCUT2D eigenvalue weighted by Crippen LogP contribution is -2.36. The van der Waals surface area contributed by atoms with Gasteiger partial charge in [-0.1, -0.05) is 18.2 Å². The van der Waals surface area contributed by atoms with Gasteiger partial charge in [-0.05, 0) is 43.1 Å². The zero-order valence-electron chi connectivity index (χ0n) is 13.5. The number of ether oxygens (including phenoxy) is 2. The van der Waals surface area contributed by atoms with Crippen LogP contribution in [0, 0.1) is 11.6 Å². The van der Waals surface area contributed by atoms with E-state index in [-0.39, 0.29) is 5.75 Å². The highest BCUT2D eigenvalue weighted by Gasteiger charge is 2.12. The molecule has 0 unspecified atom stereocenters. The minimum atomic E-state index is -0.696. The van der Waals surface area contributed by atoms with Crippen molar-refractivity contribution in [2.24, 2.45) is 0 Å². The van der Waals surface area contributed by atoms with Crippen molar-refractivity contribution in [3.63, 3.8) is 0 Å². The topological polar surface area (TPSA) is 21.7 Å². The monoisotopic (exact) mass is 333 g/mol. The van der Waals surface area contributed by atoms with Crippen molar-refractivity contribution in [3.05, 3.63) is 59.7 Å². The molecule has 0 radical (unpaired) electrons. The van der Waals surface area contributed by atoms with Crippen molar-refractivity contribution >= 4 is 0 Å². The van der Waals surface area contributed by atoms with Gasteiger partial charge in [0.25, 0.3) is 0 Å². The zero-order chi connectivity index (χ0) is 16.8. The van der Waals surface area contributed by atoms with Crippen molar-refractivity contribution in [1.29, 1.82) is 0 Å². The maximum atomic E-state index is 13.8. The van der Waals surface area contributed by atoms with Gasteiger partial charge in [-0.3, -0.25) is 4.90 Å². The molecule has 24 heavy (non-hydrogen) atoms. The van der Waals surface area contributed by atoms with E-state index in [9.17, 15) is 8.78 Å². The average Bonchev–Trinajstić information content (AvgIpc) is 2.60. The number of aryl methyl sites for hydroxylation is 1. The van der Waals surface area contributed by atoms with E-state index >= 15 is 0 Å². The first kappa shape index (κ1) is 16.9. The summed E-state index contributed by atoms with van der Waals surface area (Å²) in [5, 5.41) is 0. The Morgan fingerprint density at radius 1 is 1.00 bits per heavy atom. The number of hydrogen-bond donors (Lipinski definition) is 0. The molecule has 128 valence electrons. The summed E-state index contributed by atoms with van der Waals surface area (Å²) >= 11 is 0. The molecule has 0 bridgehead atoms. The molecule has 1 fully saturated rings. The Morgan fingerprint density at radius 2 is 1.79 bits per heavy atom. The van der Waals surface area contributed by atoms with Gasteiger partial charge < -0.3 is 9.47 Å². The number of benzene rings is 2. The molecule has 0 aliphatic carbocycles. The van der Waals surface area contributed by atoms with Gasteiger partial charge in [-0.2, -0.15) is 0 Å². The summed E-state index contributed by atoms with van der Waals surface area (Å²) < 4.78 is 37.8. The molecule has 0 saturated carbocycles. The van der Waals surface area contributed by atoms with Crippen molar-refractivity contribution in [2.75, 3.05) is 32.8 Å². The molecule has 0 N–H and O–H groups in total. The second-order valence-corrected chi connectivity index (χ2v) is 5.84. The molecule has 3 rings (SSSR count). The summed E-state index contributed by atoms with van der Waals surface area (Å²) in [4.78, 5) is 2.38. The maximum Gasteiger partial charge on any atom is 0.168 e. The summed E-state index contributed by atoms with van der Waals surface area (Å²) in [5.41, 5.74) is 1.02. The second kappa shape index (κ2) is 8.22. The number of rotatable bonds is 6. The van der Waals surface area contributed by atoms with E-state index < -0.39 is 11.6 Å². The summed E-state index contributed by atoms with van der Waals surface area (Å²) in [6.45, 7) is 4.54. The third-order valence-corrected chi connectivity index (χ3v) is 4.11. The van der Waals surface area contributed by atoms with Crippen LogP contribution in [0.15, 0.2) is 42.5 Å². The number of morpholine rings is 1. The van der Waals surface area contributed by atoms with E-state index in [2.05, 4.69) is 4.90 Å². The van der Waals surface area contributed by atoms with Crippen molar-refractivity contribution in [2.45, 2.75) is 12.8 Å². The van der Waals surface area contributed by atoms with E-state index in [1.54, 1.807) is 0 Å². The largest absolute Gasteiger partial charge is 0.454 e. The Labute approximate surface area is 140 Å². The number of para-hydroxylation sites is 1. The molecule has 0 amide bonds. The van der Waals surface area contributed by atoms with Crippen LogP contribution in [-0.4, -0.2) is 37.7 Å². The van der Waals surface area contributed by atoms with Crippen LogP contribution in [0.1, 0.15) is 12.0 Å². The number of halogens is 2. The molecule has 2 aromatic carbocycles. The molecule has 1 saturated heterocycles. The molecule has 1 aliphatic rings. The lowest BCUT2D eigenvalue weighted by molar-refractivity contribution is 0.0374. The first-order valence-electron chi connectivity index (χ1n) is 8.23. The van der Waals surface area contributed by atoms with Crippen LogP contribution >= 0.6 is 0 Å². The van der Waals surface area contributed by atoms with Gasteiger partial charge in [0.15, 0.2) is 11.6 Å². The minimum absolute atomic E-state index is 0.0389. The van der Waals surface area contributed by atoms with Crippen LogP contribution in [0.2, 0.25) is 0 Å². The van der Waals surface area contributed by atoms with Gasteiger partial charge >= 0.3 is 0 Å². The quantitative estimate of drug-likeness (QED) is 0.797. The van der Waals surface area contributed by atoms with Gasteiger partial charge in [0.1, 0.15) is 11.6 Å². The number of nitrogens with zero attached hydrogens (tertiary/aromatic N) is 1. The highest BCUT2D eigenvalue weighted by molar-refractivity contribution is 5.38. The molecule has 1 aliphatic heterocycles. The van der Waals surface area contributed by atoms with Gasteiger partial charge in [0.2, 0.25) is 0 Å². The lowest BCUT2D eigenvalue weighted by Gasteiger charge is -2.26. The van der Waals surface area contributed by atoms with Crippen LogP contribution in [0.3, 0.4) is 0 Å². The molecule has 0 aromatic heterocycles. The lowest BCUT2D eigenvalue weighted by atomic mass is 10.1. The van der Waals surface area contributed by atoms with Gasteiger partial charge in [0, 0.05) is 19.2 Å². The fourth-order valence-corrected chi connectivity index (χ4v) is 2.80. The van der Waals surface area contributed by atoms with Gasteiger partial charge in [-0.15, -0.1) is 0 Å². The molecule has 2 aromatic rings. The highest BCUT2D eigenvalue weighted by Crippen LogP contribution is 2.28. The Balaban J connectivity index is 1.62. The standard InChI is InChI=1S/C19H21F2NO2/c20-16-7-8-19(17(21)14-16)24-18-6-2-1-4-15(18)5-3-9-22-10-12-23-13-11-22/h1-2,4,6-8,14H,3,5,9-13H2. The highest BCUT2D eigenvalue weighted by atomic mass is 19.1. The minimum Gasteiger partial charge on any atom is -0.454 e. The summed E-state index contributed by atoms with van der Waals surface area (Å²) in [6, 6.07) is 10.9. The average molecular weight is 333 g/mol. The predicted octanol–water partition coefficient (Wildman–Crippen LogP) is 4.02. The van der Waals surface area contributed by atoms with Crippen LogP contribution < -0.4 is 4.74 Å². The Bertz CT molecular complexity index is 672. The molecular formula is C19H21F2NO2. The molecule has 3 nitrogen and oxygen atoms in total. The van der Waals surface area contributed by atoms with Gasteiger partial charge in [-0.25, -0.2) is 8.78 Å². The van der Waals surface area contributed by atoms with Crippen LogP contribution in [0.5, 0.6) is 11.5 Å². The summed E-state index contributed by atoms with van der Waals surface area (Å²) in [5.74, 6) is -0.654. The molecule has 5 heteroatoms. The molecule has 0 spiro atoms. The van der Waals surface area contributed by atoms with E-state index in [0.29, 0.717) is 5.75 Å². The summed E-state index contributed by atoms with van der Waals surface area (Å²) in [6.07, 6.45) is 1.84. The van der Waals surface area contributed by atoms with Crippen molar-refractivity contribution in [3.8, 4) is 11.5 Å². The predicted molar refractivity (Wildman–Crippen MR) is 88.5 cm³/mol. The fourth-order valence-electron chi connectivity index (χ4n) is 2.80. The van der Waals surface area contributed by atoms with Crippen LogP contribution in [0.25, 0.3) is 0 Å².